The molecular weight excluding hydrogens is 292 g/mol. The van der Waals surface area contributed by atoms with Gasteiger partial charge >= 0.3 is 0 Å². The molecule has 6 heteroatoms. The molecule has 1 fully saturated rings. The Morgan fingerprint density at radius 3 is 2.26 bits per heavy atom. The number of benzene rings is 2. The zero-order valence-corrected chi connectivity index (χ0v) is 12.1. The average Bonchev–Trinajstić information content (AvgIpc) is 2.97. The maximum atomic E-state index is 10.3. The molecule has 0 aliphatic carbocycles. The van der Waals surface area contributed by atoms with Crippen molar-refractivity contribution < 1.29 is 10.2 Å². The summed E-state index contributed by atoms with van der Waals surface area (Å²) in [6.45, 7) is 0. The average molecular weight is 306 g/mol. The van der Waals surface area contributed by atoms with Crippen molar-refractivity contribution in [2.24, 2.45) is 0 Å². The second kappa shape index (κ2) is 6.07. The Kier molecular flexibility index (Phi) is 3.96. The van der Waals surface area contributed by atoms with Gasteiger partial charge in [-0.1, -0.05) is 30.3 Å². The Balaban J connectivity index is 2.09. The Bertz CT molecular complexity index is 808. The van der Waals surface area contributed by atoms with Crippen LogP contribution in [0.4, 0.5) is 0 Å². The summed E-state index contributed by atoms with van der Waals surface area (Å²) in [7, 11) is 0. The third-order valence-electron chi connectivity index (χ3n) is 4.01. The summed E-state index contributed by atoms with van der Waals surface area (Å²) >= 11 is 0. The molecule has 114 valence electrons. The monoisotopic (exact) mass is 306 g/mol. The van der Waals surface area contributed by atoms with Crippen LogP contribution in [0, 0.1) is 22.7 Å². The summed E-state index contributed by atoms with van der Waals surface area (Å²) < 4.78 is 0. The molecule has 1 aliphatic heterocycles. The van der Waals surface area contributed by atoms with E-state index in [4.69, 9.17) is 5.26 Å². The molecule has 3 atom stereocenters. The second-order valence-electron chi connectivity index (χ2n) is 5.33. The van der Waals surface area contributed by atoms with Crippen molar-refractivity contribution in [2.75, 3.05) is 0 Å². The topological polar surface area (TPSA) is 112 Å². The molecule has 1 aliphatic rings. The Hall–Kier alpha value is -2.90. The molecule has 2 aromatic carbocycles. The van der Waals surface area contributed by atoms with Crippen molar-refractivity contribution in [3.8, 4) is 17.9 Å². The molecule has 1 heterocycles. The van der Waals surface area contributed by atoms with Crippen LogP contribution in [0.15, 0.2) is 42.5 Å². The van der Waals surface area contributed by atoms with Crippen molar-refractivity contribution in [3.63, 3.8) is 0 Å². The number of hydrogen-bond acceptors (Lipinski definition) is 6. The molecule has 0 aromatic heterocycles. The maximum Gasteiger partial charge on any atom is 0.126 e. The Labute approximate surface area is 133 Å². The van der Waals surface area contributed by atoms with Crippen LogP contribution in [0.5, 0.6) is 5.75 Å². The van der Waals surface area contributed by atoms with Crippen LogP contribution in [0.25, 0.3) is 0 Å². The molecule has 3 rings (SSSR count). The summed E-state index contributed by atoms with van der Waals surface area (Å²) in [5.41, 5.74) is 7.39. The summed E-state index contributed by atoms with van der Waals surface area (Å²) in [5, 5.41) is 38.7. The molecule has 1 saturated heterocycles. The normalized spacial score (nSPS) is 23.2. The van der Waals surface area contributed by atoms with Crippen LogP contribution in [0.2, 0.25) is 0 Å². The fourth-order valence-corrected chi connectivity index (χ4v) is 2.89. The Morgan fingerprint density at radius 2 is 1.61 bits per heavy atom. The van der Waals surface area contributed by atoms with Gasteiger partial charge in [-0.05, 0) is 17.7 Å². The highest BCUT2D eigenvalue weighted by atomic mass is 16.3. The van der Waals surface area contributed by atoms with Gasteiger partial charge in [0.25, 0.3) is 0 Å². The van der Waals surface area contributed by atoms with Crippen LogP contribution in [-0.2, 0) is 0 Å². The predicted octanol–water partition coefficient (Wildman–Crippen LogP) is 1.39. The van der Waals surface area contributed by atoms with Crippen molar-refractivity contribution in [2.45, 2.75) is 18.2 Å². The molecule has 2 aromatic rings. The molecule has 4 N–H and O–H groups in total. The maximum absolute atomic E-state index is 10.3. The highest BCUT2D eigenvalue weighted by Crippen LogP contribution is 2.40. The number of hydrazine groups is 1. The lowest BCUT2D eigenvalue weighted by atomic mass is 9.85. The third kappa shape index (κ3) is 2.63. The van der Waals surface area contributed by atoms with Crippen LogP contribution >= 0.6 is 0 Å². The van der Waals surface area contributed by atoms with Gasteiger partial charge in [0.15, 0.2) is 0 Å². The van der Waals surface area contributed by atoms with Crippen LogP contribution in [-0.4, -0.2) is 16.4 Å². The smallest absolute Gasteiger partial charge is 0.126 e. The van der Waals surface area contributed by atoms with Gasteiger partial charge in [-0.15, -0.1) is 0 Å². The summed E-state index contributed by atoms with van der Waals surface area (Å²) in [6, 6.07) is 15.8. The lowest BCUT2D eigenvalue weighted by molar-refractivity contribution is 0.134. The number of aromatic hydroxyl groups is 1. The van der Waals surface area contributed by atoms with E-state index in [0.29, 0.717) is 5.56 Å². The number of aliphatic hydroxyl groups excluding tert-OH is 1. The summed E-state index contributed by atoms with van der Waals surface area (Å²) in [6.07, 6.45) is -0.939. The lowest BCUT2D eigenvalue weighted by Gasteiger charge is -2.22. The number of phenolic OH excluding ortho intramolecular Hbond substituents is 1. The first-order valence-electron chi connectivity index (χ1n) is 7.07. The largest absolute Gasteiger partial charge is 0.508 e. The van der Waals surface area contributed by atoms with Gasteiger partial charge in [0.1, 0.15) is 24.1 Å². The van der Waals surface area contributed by atoms with E-state index in [1.165, 1.54) is 12.1 Å². The van der Waals surface area contributed by atoms with Crippen LogP contribution in [0.3, 0.4) is 0 Å². The van der Waals surface area contributed by atoms with E-state index in [1.54, 1.807) is 0 Å². The fourth-order valence-electron chi connectivity index (χ4n) is 2.89. The number of hydrogen-bond donors (Lipinski definition) is 4. The van der Waals surface area contributed by atoms with E-state index >= 15 is 0 Å². The van der Waals surface area contributed by atoms with Crippen LogP contribution in [0.1, 0.15) is 34.2 Å². The van der Waals surface area contributed by atoms with E-state index in [-0.39, 0.29) is 22.9 Å². The first-order chi connectivity index (χ1) is 11.2. The first kappa shape index (κ1) is 15.0. The standard InChI is InChI=1S/C17H14N4O2/c18-8-11-6-13(14(22)7-12(11)9-19)15-16(20-21-17(15)23)10-4-2-1-3-5-10/h1-7,15-17,20-23H. The minimum absolute atomic E-state index is 0.110. The van der Waals surface area contributed by atoms with Crippen LogP contribution < -0.4 is 10.9 Å². The minimum Gasteiger partial charge on any atom is -0.508 e. The highest BCUT2D eigenvalue weighted by Gasteiger charge is 2.38. The van der Waals surface area contributed by atoms with E-state index in [2.05, 4.69) is 10.9 Å². The summed E-state index contributed by atoms with van der Waals surface area (Å²) in [4.78, 5) is 0. The molecule has 0 saturated carbocycles. The third-order valence-corrected chi connectivity index (χ3v) is 4.01. The zero-order valence-electron chi connectivity index (χ0n) is 12.1. The van der Waals surface area contributed by atoms with Gasteiger partial charge in [0.05, 0.1) is 17.2 Å². The number of rotatable bonds is 2. The first-order valence-corrected chi connectivity index (χ1v) is 7.07. The molecule has 3 unspecified atom stereocenters. The molecule has 23 heavy (non-hydrogen) atoms. The van der Waals surface area contributed by atoms with Gasteiger partial charge in [0, 0.05) is 11.5 Å². The van der Waals surface area contributed by atoms with E-state index in [9.17, 15) is 15.5 Å². The highest BCUT2D eigenvalue weighted by molar-refractivity contribution is 5.54. The molecule has 6 nitrogen and oxygen atoms in total. The van der Waals surface area contributed by atoms with E-state index in [0.717, 1.165) is 5.56 Å². The van der Waals surface area contributed by atoms with Crippen molar-refractivity contribution in [1.82, 2.24) is 10.9 Å². The number of nitrogens with one attached hydrogen (secondary N) is 2. The number of nitriles is 2. The minimum atomic E-state index is -0.939. The quantitative estimate of drug-likeness (QED) is 0.667. The number of nitrogens with zero attached hydrogens (tertiary/aromatic N) is 2. The van der Waals surface area contributed by atoms with Gasteiger partial charge in [-0.25, -0.2) is 10.9 Å². The lowest BCUT2D eigenvalue weighted by Crippen LogP contribution is -2.31. The predicted molar refractivity (Wildman–Crippen MR) is 81.7 cm³/mol. The van der Waals surface area contributed by atoms with Crippen molar-refractivity contribution in [3.05, 3.63) is 64.7 Å². The Morgan fingerprint density at radius 1 is 0.957 bits per heavy atom. The van der Waals surface area contributed by atoms with Gasteiger partial charge in [0.2, 0.25) is 0 Å². The van der Waals surface area contributed by atoms with Crippen molar-refractivity contribution >= 4 is 0 Å². The van der Waals surface area contributed by atoms with E-state index < -0.39 is 12.1 Å². The SMILES string of the molecule is N#Cc1cc(O)c(C2C(O)NNC2c2ccccc2)cc1C#N. The van der Waals surface area contributed by atoms with Crippen molar-refractivity contribution in [1.29, 1.82) is 10.5 Å². The molecule has 0 amide bonds. The van der Waals surface area contributed by atoms with Gasteiger partial charge in [-0.2, -0.15) is 10.5 Å². The molecule has 0 radical (unpaired) electrons. The van der Waals surface area contributed by atoms with Gasteiger partial charge < -0.3 is 10.2 Å². The van der Waals surface area contributed by atoms with Gasteiger partial charge in [-0.3, -0.25) is 0 Å². The molecular formula is C17H14N4O2. The zero-order chi connectivity index (χ0) is 16.4. The molecule has 0 spiro atoms. The number of aliphatic hydroxyl groups is 1. The molecule has 0 bridgehead atoms. The summed E-state index contributed by atoms with van der Waals surface area (Å²) in [5.74, 6) is -0.617. The second-order valence-corrected chi connectivity index (χ2v) is 5.33. The fraction of sp³-hybridized carbons (Fsp3) is 0.176. The van der Waals surface area contributed by atoms with E-state index in [1.807, 2.05) is 42.5 Å². The number of phenols is 1.